The number of likely N-dealkylation sites (N-methyl/N-ethyl adjacent to an activating group) is 1. The number of imide groups is 1. The SMILES string of the molecule is CCN1CCN(C(=O)NC(C(N)=O)c2ccc(O)c(O)c2)C(=O)C1=O. The summed E-state index contributed by atoms with van der Waals surface area (Å²) in [7, 11) is 0. The standard InChI is InChI=1S/C15H18N4O6/c1-2-18-5-6-19(14(24)13(18)23)15(25)17-11(12(16)22)8-3-4-9(20)10(21)7-8/h3-4,7,11,20-21H,2,5-6H2,1H3,(H2,16,22)(H,17,25). The Morgan fingerprint density at radius 1 is 1.20 bits per heavy atom. The van der Waals surface area contributed by atoms with E-state index in [0.717, 1.165) is 12.1 Å². The molecule has 1 atom stereocenters. The van der Waals surface area contributed by atoms with Gasteiger partial charge in [-0.05, 0) is 24.6 Å². The van der Waals surface area contributed by atoms with Gasteiger partial charge in [0.1, 0.15) is 6.04 Å². The zero-order valence-electron chi connectivity index (χ0n) is 13.4. The molecule has 134 valence electrons. The quantitative estimate of drug-likeness (QED) is 0.404. The Morgan fingerprint density at radius 2 is 1.88 bits per heavy atom. The topological polar surface area (TPSA) is 153 Å². The predicted molar refractivity (Wildman–Crippen MR) is 84.2 cm³/mol. The number of carbonyl (C=O) groups is 4. The van der Waals surface area contributed by atoms with Crippen LogP contribution in [0.4, 0.5) is 4.79 Å². The number of phenols is 2. The van der Waals surface area contributed by atoms with Crippen LogP contribution in [0, 0.1) is 0 Å². The van der Waals surface area contributed by atoms with E-state index in [-0.39, 0.29) is 18.7 Å². The number of amides is 5. The first-order valence-corrected chi connectivity index (χ1v) is 7.48. The summed E-state index contributed by atoms with van der Waals surface area (Å²) < 4.78 is 0. The highest BCUT2D eigenvalue weighted by molar-refractivity contribution is 6.38. The van der Waals surface area contributed by atoms with Crippen LogP contribution in [0.5, 0.6) is 11.5 Å². The third kappa shape index (κ3) is 3.62. The van der Waals surface area contributed by atoms with Crippen molar-refractivity contribution >= 4 is 23.8 Å². The minimum atomic E-state index is -1.36. The van der Waals surface area contributed by atoms with E-state index in [1.54, 1.807) is 6.92 Å². The van der Waals surface area contributed by atoms with Crippen molar-refractivity contribution < 1.29 is 29.4 Å². The molecule has 1 heterocycles. The summed E-state index contributed by atoms with van der Waals surface area (Å²) in [5.74, 6) is -3.65. The maximum atomic E-state index is 12.3. The summed E-state index contributed by atoms with van der Waals surface area (Å²) in [6, 6.07) is 1.16. The molecule has 0 spiro atoms. The Morgan fingerprint density at radius 3 is 2.44 bits per heavy atom. The van der Waals surface area contributed by atoms with Gasteiger partial charge in [-0.1, -0.05) is 6.07 Å². The summed E-state index contributed by atoms with van der Waals surface area (Å²) in [5, 5.41) is 21.1. The molecule has 1 fully saturated rings. The van der Waals surface area contributed by atoms with Gasteiger partial charge in [0.05, 0.1) is 0 Å². The van der Waals surface area contributed by atoms with Gasteiger partial charge in [0.25, 0.3) is 0 Å². The lowest BCUT2D eigenvalue weighted by molar-refractivity contribution is -0.153. The summed E-state index contributed by atoms with van der Waals surface area (Å²) >= 11 is 0. The van der Waals surface area contributed by atoms with Gasteiger partial charge in [0, 0.05) is 19.6 Å². The molecule has 10 nitrogen and oxygen atoms in total. The zero-order chi connectivity index (χ0) is 18.7. The van der Waals surface area contributed by atoms with Gasteiger partial charge in [-0.2, -0.15) is 0 Å². The molecule has 1 unspecified atom stereocenters. The molecule has 5 N–H and O–H groups in total. The molecule has 0 aromatic heterocycles. The number of primary amides is 1. The minimum absolute atomic E-state index is 0.0173. The van der Waals surface area contributed by atoms with E-state index in [1.807, 2.05) is 0 Å². The van der Waals surface area contributed by atoms with E-state index in [0.29, 0.717) is 11.4 Å². The number of rotatable bonds is 4. The first kappa shape index (κ1) is 18.0. The van der Waals surface area contributed by atoms with E-state index in [1.165, 1.54) is 11.0 Å². The van der Waals surface area contributed by atoms with Gasteiger partial charge < -0.3 is 26.2 Å². The highest BCUT2D eigenvalue weighted by atomic mass is 16.3. The molecule has 10 heteroatoms. The molecule has 0 bridgehead atoms. The minimum Gasteiger partial charge on any atom is -0.504 e. The summed E-state index contributed by atoms with van der Waals surface area (Å²) in [6.07, 6.45) is 0. The molecule has 5 amide bonds. The second-order valence-electron chi connectivity index (χ2n) is 5.37. The van der Waals surface area contributed by atoms with Gasteiger partial charge in [0.15, 0.2) is 11.5 Å². The molecular formula is C15H18N4O6. The summed E-state index contributed by atoms with van der Waals surface area (Å²) in [4.78, 5) is 49.8. The smallest absolute Gasteiger partial charge is 0.325 e. The number of carbonyl (C=O) groups excluding carboxylic acids is 4. The van der Waals surface area contributed by atoms with Crippen LogP contribution in [0.15, 0.2) is 18.2 Å². The molecule has 1 saturated heterocycles. The number of nitrogens with zero attached hydrogens (tertiary/aromatic N) is 2. The van der Waals surface area contributed by atoms with Gasteiger partial charge >= 0.3 is 17.8 Å². The summed E-state index contributed by atoms with van der Waals surface area (Å²) in [6.45, 7) is 2.23. The molecule has 1 aromatic carbocycles. The van der Waals surface area contributed by atoms with Crippen molar-refractivity contribution in [3.05, 3.63) is 23.8 Å². The van der Waals surface area contributed by atoms with Gasteiger partial charge in [-0.15, -0.1) is 0 Å². The molecule has 0 aliphatic carbocycles. The second-order valence-corrected chi connectivity index (χ2v) is 5.37. The fourth-order valence-corrected chi connectivity index (χ4v) is 2.41. The molecule has 0 saturated carbocycles. The van der Waals surface area contributed by atoms with Crippen LogP contribution in [0.25, 0.3) is 0 Å². The maximum Gasteiger partial charge on any atom is 0.325 e. The van der Waals surface area contributed by atoms with Gasteiger partial charge in [0.2, 0.25) is 5.91 Å². The van der Waals surface area contributed by atoms with Crippen LogP contribution in [-0.4, -0.2) is 63.4 Å². The predicted octanol–water partition coefficient (Wildman–Crippen LogP) is -0.975. The Labute approximate surface area is 142 Å². The lowest BCUT2D eigenvalue weighted by atomic mass is 10.1. The van der Waals surface area contributed by atoms with Crippen molar-refractivity contribution in [3.8, 4) is 11.5 Å². The first-order chi connectivity index (χ1) is 11.8. The van der Waals surface area contributed by atoms with Crippen molar-refractivity contribution in [1.82, 2.24) is 15.1 Å². The van der Waals surface area contributed by atoms with Gasteiger partial charge in [-0.25, -0.2) is 4.79 Å². The normalized spacial score (nSPS) is 15.9. The number of urea groups is 1. The van der Waals surface area contributed by atoms with Crippen LogP contribution in [0.2, 0.25) is 0 Å². The number of benzene rings is 1. The Kier molecular flexibility index (Phi) is 5.11. The van der Waals surface area contributed by atoms with E-state index in [9.17, 15) is 29.4 Å². The Hall–Kier alpha value is -3.30. The number of nitrogens with two attached hydrogens (primary N) is 1. The van der Waals surface area contributed by atoms with E-state index in [4.69, 9.17) is 5.73 Å². The van der Waals surface area contributed by atoms with Crippen LogP contribution in [0.1, 0.15) is 18.5 Å². The number of nitrogens with one attached hydrogen (secondary N) is 1. The average Bonchev–Trinajstić information content (AvgIpc) is 2.57. The number of piperazine rings is 1. The highest BCUT2D eigenvalue weighted by Crippen LogP contribution is 2.27. The van der Waals surface area contributed by atoms with Crippen LogP contribution < -0.4 is 11.1 Å². The largest absolute Gasteiger partial charge is 0.504 e. The third-order valence-electron chi connectivity index (χ3n) is 3.82. The molecular weight excluding hydrogens is 332 g/mol. The Bertz CT molecular complexity index is 735. The van der Waals surface area contributed by atoms with Crippen molar-refractivity contribution in [2.24, 2.45) is 5.73 Å². The molecule has 2 rings (SSSR count). The lowest BCUT2D eigenvalue weighted by Crippen LogP contribution is -2.58. The number of phenolic OH excluding ortho intramolecular Hbond substituents is 2. The van der Waals surface area contributed by atoms with Crippen LogP contribution in [0.3, 0.4) is 0 Å². The first-order valence-electron chi connectivity index (χ1n) is 7.48. The molecule has 25 heavy (non-hydrogen) atoms. The van der Waals surface area contributed by atoms with E-state index < -0.39 is 41.3 Å². The van der Waals surface area contributed by atoms with Crippen LogP contribution in [-0.2, 0) is 14.4 Å². The lowest BCUT2D eigenvalue weighted by Gasteiger charge is -2.32. The van der Waals surface area contributed by atoms with Crippen LogP contribution >= 0.6 is 0 Å². The number of aromatic hydroxyl groups is 2. The number of hydrogen-bond donors (Lipinski definition) is 4. The summed E-state index contributed by atoms with van der Waals surface area (Å²) in [5.41, 5.74) is 5.38. The van der Waals surface area contributed by atoms with E-state index >= 15 is 0 Å². The molecule has 1 aromatic rings. The van der Waals surface area contributed by atoms with Gasteiger partial charge in [-0.3, -0.25) is 19.3 Å². The number of hydrogen-bond acceptors (Lipinski definition) is 6. The van der Waals surface area contributed by atoms with Crippen molar-refractivity contribution in [1.29, 1.82) is 0 Å². The average molecular weight is 350 g/mol. The monoisotopic (exact) mass is 350 g/mol. The fourth-order valence-electron chi connectivity index (χ4n) is 2.41. The van der Waals surface area contributed by atoms with Crippen molar-refractivity contribution in [2.45, 2.75) is 13.0 Å². The highest BCUT2D eigenvalue weighted by Gasteiger charge is 2.36. The molecule has 0 radical (unpaired) electrons. The third-order valence-corrected chi connectivity index (χ3v) is 3.82. The zero-order valence-corrected chi connectivity index (χ0v) is 13.4. The van der Waals surface area contributed by atoms with Crippen molar-refractivity contribution in [3.63, 3.8) is 0 Å². The van der Waals surface area contributed by atoms with E-state index in [2.05, 4.69) is 5.32 Å². The molecule has 1 aliphatic heterocycles. The van der Waals surface area contributed by atoms with Crippen molar-refractivity contribution in [2.75, 3.05) is 19.6 Å². The Balaban J connectivity index is 2.18. The molecule has 1 aliphatic rings. The second kappa shape index (κ2) is 7.07. The maximum absolute atomic E-state index is 12.3. The fraction of sp³-hybridized carbons (Fsp3) is 0.333.